The molecule has 5 nitrogen and oxygen atoms in total. The van der Waals surface area contributed by atoms with Crippen LogP contribution < -0.4 is 11.1 Å². The second kappa shape index (κ2) is 14.1. The summed E-state index contributed by atoms with van der Waals surface area (Å²) in [6.45, 7) is 14.2. The highest BCUT2D eigenvalue weighted by atomic mass is 16.2. The maximum Gasteiger partial charge on any atom is 0.248 e. The minimum absolute atomic E-state index is 0.0959. The zero-order chi connectivity index (χ0) is 19.9. The lowest BCUT2D eigenvalue weighted by atomic mass is 10.0. The molecule has 2 amide bonds. The van der Waals surface area contributed by atoms with Gasteiger partial charge in [-0.2, -0.15) is 0 Å². The zero-order valence-electron chi connectivity index (χ0n) is 16.8. The van der Waals surface area contributed by atoms with Crippen LogP contribution >= 0.6 is 0 Å². The summed E-state index contributed by atoms with van der Waals surface area (Å²) in [6, 6.07) is 7.16. The van der Waals surface area contributed by atoms with Crippen LogP contribution in [0.1, 0.15) is 56.5 Å². The van der Waals surface area contributed by atoms with Crippen LogP contribution in [0.15, 0.2) is 36.9 Å². The summed E-state index contributed by atoms with van der Waals surface area (Å²) < 4.78 is 0. The van der Waals surface area contributed by atoms with E-state index in [0.717, 1.165) is 31.5 Å². The van der Waals surface area contributed by atoms with Gasteiger partial charge in [-0.05, 0) is 43.6 Å². The van der Waals surface area contributed by atoms with Crippen molar-refractivity contribution in [1.29, 1.82) is 0 Å². The van der Waals surface area contributed by atoms with E-state index in [0.29, 0.717) is 18.5 Å². The van der Waals surface area contributed by atoms with Crippen LogP contribution in [-0.2, 0) is 11.2 Å². The molecule has 0 unspecified atom stereocenters. The van der Waals surface area contributed by atoms with Crippen LogP contribution in [-0.4, -0.2) is 42.4 Å². The quantitative estimate of drug-likeness (QED) is 0.764. The van der Waals surface area contributed by atoms with Crippen molar-refractivity contribution in [3.63, 3.8) is 0 Å². The Hall–Kier alpha value is -2.14. The molecule has 0 saturated carbocycles. The maximum atomic E-state index is 12.6. The normalized spacial score (nSPS) is 13.4. The van der Waals surface area contributed by atoms with Crippen molar-refractivity contribution in [3.05, 3.63) is 48.0 Å². The van der Waals surface area contributed by atoms with Crippen LogP contribution in [0.25, 0.3) is 0 Å². The Kier molecular flexibility index (Phi) is 12.9. The van der Waals surface area contributed by atoms with Gasteiger partial charge in [0.15, 0.2) is 0 Å². The van der Waals surface area contributed by atoms with E-state index < -0.39 is 5.91 Å². The fraction of sp³-hybridized carbons (Fsp3) is 0.524. The van der Waals surface area contributed by atoms with Crippen molar-refractivity contribution < 1.29 is 9.59 Å². The van der Waals surface area contributed by atoms with Crippen molar-refractivity contribution in [2.45, 2.75) is 53.0 Å². The number of rotatable bonds is 6. The maximum absolute atomic E-state index is 12.6. The first-order valence-corrected chi connectivity index (χ1v) is 9.61. The second-order valence-corrected chi connectivity index (χ2v) is 5.55. The summed E-state index contributed by atoms with van der Waals surface area (Å²) in [5.41, 5.74) is 6.56. The lowest BCUT2D eigenvalue weighted by Gasteiger charge is -2.34. The van der Waals surface area contributed by atoms with E-state index in [4.69, 9.17) is 5.73 Å². The number of nitrogens with zero attached hydrogens (tertiary/aromatic N) is 1. The van der Waals surface area contributed by atoms with Gasteiger partial charge in [0.2, 0.25) is 11.8 Å². The molecule has 5 heteroatoms. The third-order valence-corrected chi connectivity index (χ3v) is 3.99. The Morgan fingerprint density at radius 1 is 1.15 bits per heavy atom. The minimum atomic E-state index is -0.458. The van der Waals surface area contributed by atoms with E-state index >= 15 is 0 Å². The zero-order valence-corrected chi connectivity index (χ0v) is 16.8. The van der Waals surface area contributed by atoms with Crippen LogP contribution in [0, 0.1) is 0 Å². The number of carbonyl (C=O) groups is 2. The Labute approximate surface area is 158 Å². The first kappa shape index (κ1) is 23.9. The fourth-order valence-electron chi connectivity index (χ4n) is 2.77. The van der Waals surface area contributed by atoms with Gasteiger partial charge in [-0.25, -0.2) is 0 Å². The number of carbonyl (C=O) groups excluding carboxylic acids is 2. The molecule has 1 fully saturated rings. The summed E-state index contributed by atoms with van der Waals surface area (Å²) in [7, 11) is 0. The van der Waals surface area contributed by atoms with Crippen LogP contribution in [0.4, 0.5) is 0 Å². The Balaban J connectivity index is 0.00000146. The summed E-state index contributed by atoms with van der Waals surface area (Å²) in [5.74, 6) is -0.362. The largest absolute Gasteiger partial charge is 0.366 e. The second-order valence-electron chi connectivity index (χ2n) is 5.55. The molecule has 1 aliphatic heterocycles. The molecule has 3 N–H and O–H groups in total. The van der Waals surface area contributed by atoms with Gasteiger partial charge in [0.25, 0.3) is 0 Å². The van der Waals surface area contributed by atoms with E-state index in [2.05, 4.69) is 11.9 Å². The predicted molar refractivity (Wildman–Crippen MR) is 109 cm³/mol. The molecule has 1 aliphatic rings. The van der Waals surface area contributed by atoms with Crippen LogP contribution in [0.2, 0.25) is 0 Å². The van der Waals surface area contributed by atoms with E-state index in [9.17, 15) is 9.59 Å². The van der Waals surface area contributed by atoms with Gasteiger partial charge in [-0.1, -0.05) is 45.9 Å². The number of primary amides is 1. The lowest BCUT2D eigenvalue weighted by Crippen LogP contribution is -2.46. The SMILES string of the molecule is C=CCN(C(=O)Cc1ccc(C(N)=O)cc1)C1CCNCC1.CC.CC. The number of hydrogen-bond acceptors (Lipinski definition) is 3. The number of hydrogen-bond donors (Lipinski definition) is 2. The molecule has 2 rings (SSSR count). The van der Waals surface area contributed by atoms with Crippen LogP contribution in [0.5, 0.6) is 0 Å². The Bertz CT molecular complexity index is 535. The highest BCUT2D eigenvalue weighted by molar-refractivity contribution is 5.92. The number of piperidine rings is 1. The van der Waals surface area contributed by atoms with Gasteiger partial charge in [-0.15, -0.1) is 6.58 Å². The molecule has 0 spiro atoms. The topological polar surface area (TPSA) is 75.4 Å². The molecule has 26 heavy (non-hydrogen) atoms. The van der Waals surface area contributed by atoms with Gasteiger partial charge in [0.05, 0.1) is 6.42 Å². The molecule has 146 valence electrons. The van der Waals surface area contributed by atoms with Crippen LogP contribution in [0.3, 0.4) is 0 Å². The van der Waals surface area contributed by atoms with Crippen molar-refractivity contribution in [2.75, 3.05) is 19.6 Å². The number of benzene rings is 1. The number of amides is 2. The van der Waals surface area contributed by atoms with E-state index in [-0.39, 0.29) is 11.9 Å². The standard InChI is InChI=1S/C17H23N3O2.2C2H6/c1-2-11-20(15-7-9-19-10-8-15)16(21)12-13-3-5-14(6-4-13)17(18)22;2*1-2/h2-6,15,19H,1,7-12H2,(H2,18,22);2*1-2H3. The summed E-state index contributed by atoms with van der Waals surface area (Å²) in [4.78, 5) is 25.6. The van der Waals surface area contributed by atoms with Crippen molar-refractivity contribution in [3.8, 4) is 0 Å². The summed E-state index contributed by atoms with van der Waals surface area (Å²) in [6.07, 6.45) is 4.05. The smallest absolute Gasteiger partial charge is 0.248 e. The molecular formula is C21H35N3O2. The van der Waals surface area contributed by atoms with Crippen molar-refractivity contribution in [2.24, 2.45) is 5.73 Å². The fourth-order valence-corrected chi connectivity index (χ4v) is 2.77. The Morgan fingerprint density at radius 2 is 1.69 bits per heavy atom. The van der Waals surface area contributed by atoms with E-state index in [1.54, 1.807) is 30.3 Å². The molecule has 0 radical (unpaired) electrons. The van der Waals surface area contributed by atoms with Gasteiger partial charge >= 0.3 is 0 Å². The van der Waals surface area contributed by atoms with Gasteiger partial charge in [0, 0.05) is 18.2 Å². The van der Waals surface area contributed by atoms with Crippen molar-refractivity contribution >= 4 is 11.8 Å². The molecule has 1 saturated heterocycles. The van der Waals surface area contributed by atoms with Gasteiger partial charge in [0.1, 0.15) is 0 Å². The highest BCUT2D eigenvalue weighted by Gasteiger charge is 2.24. The predicted octanol–water partition coefficient (Wildman–Crippen LogP) is 3.15. The average molecular weight is 362 g/mol. The number of nitrogens with two attached hydrogens (primary N) is 1. The molecule has 0 bridgehead atoms. The minimum Gasteiger partial charge on any atom is -0.366 e. The highest BCUT2D eigenvalue weighted by Crippen LogP contribution is 2.14. The lowest BCUT2D eigenvalue weighted by molar-refractivity contribution is -0.132. The summed E-state index contributed by atoms with van der Waals surface area (Å²) in [5, 5.41) is 3.31. The summed E-state index contributed by atoms with van der Waals surface area (Å²) >= 11 is 0. The molecule has 1 aromatic rings. The third kappa shape index (κ3) is 7.83. The molecule has 0 atom stereocenters. The first-order valence-electron chi connectivity index (χ1n) is 9.61. The monoisotopic (exact) mass is 361 g/mol. The third-order valence-electron chi connectivity index (χ3n) is 3.99. The molecule has 0 aromatic heterocycles. The Morgan fingerprint density at radius 3 is 2.15 bits per heavy atom. The van der Waals surface area contributed by atoms with Gasteiger partial charge < -0.3 is 16.0 Å². The first-order chi connectivity index (χ1) is 12.6. The van der Waals surface area contributed by atoms with Gasteiger partial charge in [-0.3, -0.25) is 9.59 Å². The van der Waals surface area contributed by atoms with Crippen molar-refractivity contribution in [1.82, 2.24) is 10.2 Å². The van der Waals surface area contributed by atoms with E-state index in [1.807, 2.05) is 32.6 Å². The average Bonchev–Trinajstić information content (AvgIpc) is 2.70. The number of nitrogens with one attached hydrogen (secondary N) is 1. The molecule has 1 heterocycles. The molecule has 1 aromatic carbocycles. The molecular weight excluding hydrogens is 326 g/mol. The van der Waals surface area contributed by atoms with E-state index in [1.165, 1.54) is 0 Å². The molecule has 0 aliphatic carbocycles.